The van der Waals surface area contributed by atoms with E-state index in [1.165, 1.54) is 12.1 Å². The molecule has 0 saturated carbocycles. The van der Waals surface area contributed by atoms with Crippen molar-refractivity contribution in [3.63, 3.8) is 0 Å². The summed E-state index contributed by atoms with van der Waals surface area (Å²) in [6.07, 6.45) is 1.62. The molecule has 0 atom stereocenters. The van der Waals surface area contributed by atoms with Crippen LogP contribution in [0.2, 0.25) is 5.02 Å². The number of ether oxygens (including phenoxy) is 1. The van der Waals surface area contributed by atoms with Crippen molar-refractivity contribution in [2.45, 2.75) is 6.61 Å². The van der Waals surface area contributed by atoms with Crippen LogP contribution < -0.4 is 4.74 Å². The van der Waals surface area contributed by atoms with Gasteiger partial charge in [-0.3, -0.25) is 10.1 Å². The van der Waals surface area contributed by atoms with Gasteiger partial charge >= 0.3 is 0 Å². The zero-order chi connectivity index (χ0) is 21.7. The lowest BCUT2D eigenvalue weighted by molar-refractivity contribution is -0.384. The van der Waals surface area contributed by atoms with Gasteiger partial charge in [-0.25, -0.2) is 0 Å². The molecule has 0 aromatic heterocycles. The van der Waals surface area contributed by atoms with E-state index in [-0.39, 0.29) is 11.3 Å². The molecule has 0 bridgehead atoms. The average molecular weight is 549 g/mol. The number of nitro benzene ring substituents is 1. The predicted molar refractivity (Wildman–Crippen MR) is 124 cm³/mol. The standard InChI is InChI=1S/C22H13Br2ClN2O3/c23-18-6-4-14(5-7-18)13-30-22-20(24)9-15(10-21(22)25)8-17(12-26)16-2-1-3-19(11-16)27(28)29/h1-11H,13H2/b17-8-. The monoisotopic (exact) mass is 546 g/mol. The van der Waals surface area contributed by atoms with Gasteiger partial charge in [0.05, 0.1) is 26.1 Å². The summed E-state index contributed by atoms with van der Waals surface area (Å²) in [6.45, 7) is 0.345. The first-order chi connectivity index (χ1) is 14.4. The summed E-state index contributed by atoms with van der Waals surface area (Å²) in [7, 11) is 0. The molecule has 0 aliphatic carbocycles. The van der Waals surface area contributed by atoms with Gasteiger partial charge in [0.2, 0.25) is 0 Å². The van der Waals surface area contributed by atoms with Gasteiger partial charge < -0.3 is 4.74 Å². The maximum absolute atomic E-state index is 11.0. The van der Waals surface area contributed by atoms with E-state index in [0.29, 0.717) is 33.0 Å². The van der Waals surface area contributed by atoms with Gasteiger partial charge in [-0.1, -0.05) is 51.8 Å². The third-order valence-electron chi connectivity index (χ3n) is 4.12. The number of hydrogen-bond acceptors (Lipinski definition) is 4. The number of halogens is 3. The maximum atomic E-state index is 11.0. The smallest absolute Gasteiger partial charge is 0.270 e. The van der Waals surface area contributed by atoms with Gasteiger partial charge in [0.25, 0.3) is 5.69 Å². The molecule has 150 valence electrons. The molecule has 0 radical (unpaired) electrons. The summed E-state index contributed by atoms with van der Waals surface area (Å²) in [5, 5.41) is 20.9. The van der Waals surface area contributed by atoms with Crippen molar-refractivity contribution in [2.75, 3.05) is 0 Å². The highest BCUT2D eigenvalue weighted by Crippen LogP contribution is 2.36. The summed E-state index contributed by atoms with van der Waals surface area (Å²) in [5.41, 5.74) is 2.30. The number of nitro groups is 1. The molecule has 0 amide bonds. The molecule has 0 N–H and O–H groups in total. The largest absolute Gasteiger partial charge is 0.486 e. The van der Waals surface area contributed by atoms with Gasteiger partial charge in [0.1, 0.15) is 6.61 Å². The zero-order valence-electron chi connectivity index (χ0n) is 15.3. The normalized spacial score (nSPS) is 11.1. The second kappa shape index (κ2) is 9.90. The SMILES string of the molecule is N#C/C(=C/c1cc(Cl)c(OCc2ccc(Br)cc2)c(Br)c1)c1cccc([N+](=O)[O-])c1. The third kappa shape index (κ3) is 5.48. The number of benzene rings is 3. The number of nitriles is 1. The molecule has 3 aromatic carbocycles. The van der Waals surface area contributed by atoms with Crippen LogP contribution >= 0.6 is 43.5 Å². The minimum absolute atomic E-state index is 0.0791. The Kier molecular flexibility index (Phi) is 7.27. The molecular weight excluding hydrogens is 536 g/mol. The van der Waals surface area contributed by atoms with Crippen molar-refractivity contribution in [3.05, 3.63) is 101 Å². The van der Waals surface area contributed by atoms with Crippen molar-refractivity contribution < 1.29 is 9.66 Å². The van der Waals surface area contributed by atoms with Crippen molar-refractivity contribution in [3.8, 4) is 11.8 Å². The van der Waals surface area contributed by atoms with E-state index >= 15 is 0 Å². The van der Waals surface area contributed by atoms with Crippen LogP contribution in [0.4, 0.5) is 5.69 Å². The highest BCUT2D eigenvalue weighted by molar-refractivity contribution is 9.10. The van der Waals surface area contributed by atoms with Gasteiger partial charge in [0.15, 0.2) is 5.75 Å². The fourth-order valence-corrected chi connectivity index (χ4v) is 3.92. The topological polar surface area (TPSA) is 76.2 Å². The van der Waals surface area contributed by atoms with Crippen LogP contribution in [0, 0.1) is 21.4 Å². The quantitative estimate of drug-likeness (QED) is 0.139. The Morgan fingerprint density at radius 1 is 1.17 bits per heavy atom. The zero-order valence-corrected chi connectivity index (χ0v) is 19.2. The number of allylic oxidation sites excluding steroid dienone is 1. The van der Waals surface area contributed by atoms with E-state index in [1.54, 1.807) is 30.3 Å². The fourth-order valence-electron chi connectivity index (χ4n) is 2.67. The van der Waals surface area contributed by atoms with Gasteiger partial charge in [-0.15, -0.1) is 0 Å². The summed E-state index contributed by atoms with van der Waals surface area (Å²) in [5.74, 6) is 0.491. The van der Waals surface area contributed by atoms with Crippen molar-refractivity contribution in [2.24, 2.45) is 0 Å². The molecule has 3 rings (SSSR count). The predicted octanol–water partition coefficient (Wildman–Crippen LogP) is 7.42. The first-order valence-corrected chi connectivity index (χ1v) is 10.6. The lowest BCUT2D eigenvalue weighted by atomic mass is 10.0. The molecule has 3 aromatic rings. The van der Waals surface area contributed by atoms with Crippen molar-refractivity contribution in [1.29, 1.82) is 5.26 Å². The van der Waals surface area contributed by atoms with E-state index in [2.05, 4.69) is 37.9 Å². The molecule has 0 aliphatic heterocycles. The lowest BCUT2D eigenvalue weighted by Gasteiger charge is -2.11. The molecule has 0 spiro atoms. The Balaban J connectivity index is 1.86. The molecule has 8 heteroatoms. The third-order valence-corrected chi connectivity index (χ3v) is 5.51. The summed E-state index contributed by atoms with van der Waals surface area (Å²) in [6, 6.07) is 19.2. The molecular formula is C22H13Br2ClN2O3. The molecule has 0 aliphatic rings. The number of rotatable bonds is 6. The molecule has 0 unspecified atom stereocenters. The summed E-state index contributed by atoms with van der Waals surface area (Å²) >= 11 is 13.3. The van der Waals surface area contributed by atoms with Crippen LogP contribution in [0.5, 0.6) is 5.75 Å². The van der Waals surface area contributed by atoms with Crippen LogP contribution in [0.25, 0.3) is 11.6 Å². The van der Waals surface area contributed by atoms with Crippen LogP contribution in [-0.4, -0.2) is 4.92 Å². The van der Waals surface area contributed by atoms with E-state index < -0.39 is 4.92 Å². The van der Waals surface area contributed by atoms with E-state index in [4.69, 9.17) is 16.3 Å². The second-order valence-electron chi connectivity index (χ2n) is 6.21. The Labute approximate surface area is 195 Å². The Bertz CT molecular complexity index is 1150. The first-order valence-electron chi connectivity index (χ1n) is 8.60. The van der Waals surface area contributed by atoms with Gasteiger partial charge in [0, 0.05) is 16.6 Å². The minimum Gasteiger partial charge on any atom is -0.486 e. The number of hydrogen-bond donors (Lipinski definition) is 0. The summed E-state index contributed by atoms with van der Waals surface area (Å²) < 4.78 is 7.47. The molecule has 30 heavy (non-hydrogen) atoms. The molecule has 0 saturated heterocycles. The van der Waals surface area contributed by atoms with Gasteiger partial charge in [-0.05, 0) is 63.0 Å². The minimum atomic E-state index is -0.497. The summed E-state index contributed by atoms with van der Waals surface area (Å²) in [4.78, 5) is 10.5. The van der Waals surface area contributed by atoms with Crippen LogP contribution in [-0.2, 0) is 6.61 Å². The average Bonchev–Trinajstić information content (AvgIpc) is 2.72. The van der Waals surface area contributed by atoms with E-state index in [0.717, 1.165) is 10.0 Å². The Morgan fingerprint density at radius 2 is 1.90 bits per heavy atom. The van der Waals surface area contributed by atoms with E-state index in [1.807, 2.05) is 24.3 Å². The number of non-ortho nitro benzene ring substituents is 1. The van der Waals surface area contributed by atoms with Crippen molar-refractivity contribution in [1.82, 2.24) is 0 Å². The number of nitrogens with zero attached hydrogens (tertiary/aromatic N) is 2. The lowest BCUT2D eigenvalue weighted by Crippen LogP contribution is -1.97. The van der Waals surface area contributed by atoms with Crippen LogP contribution in [0.3, 0.4) is 0 Å². The van der Waals surface area contributed by atoms with Gasteiger partial charge in [-0.2, -0.15) is 5.26 Å². The van der Waals surface area contributed by atoms with Crippen LogP contribution in [0.1, 0.15) is 16.7 Å². The fraction of sp³-hybridized carbons (Fsp3) is 0.0455. The Morgan fingerprint density at radius 3 is 2.53 bits per heavy atom. The van der Waals surface area contributed by atoms with Crippen molar-refractivity contribution >= 4 is 60.8 Å². The molecule has 0 heterocycles. The first kappa shape index (κ1) is 22.0. The highest BCUT2D eigenvalue weighted by atomic mass is 79.9. The molecule has 0 fully saturated rings. The second-order valence-corrected chi connectivity index (χ2v) is 8.38. The van der Waals surface area contributed by atoms with Crippen LogP contribution in [0.15, 0.2) is 69.6 Å². The molecule has 5 nitrogen and oxygen atoms in total. The Hall–Kier alpha value is -2.66. The van der Waals surface area contributed by atoms with E-state index in [9.17, 15) is 15.4 Å². The highest BCUT2D eigenvalue weighted by Gasteiger charge is 2.12. The maximum Gasteiger partial charge on any atom is 0.270 e.